The second kappa shape index (κ2) is 5.35. The van der Waals surface area contributed by atoms with Crippen molar-refractivity contribution in [2.45, 2.75) is 30.4 Å². The predicted molar refractivity (Wildman–Crippen MR) is 82.0 cm³/mol. The highest BCUT2D eigenvalue weighted by Gasteiger charge is 2.48. The average molecular weight is 292 g/mol. The van der Waals surface area contributed by atoms with Crippen LogP contribution in [-0.2, 0) is 5.41 Å². The number of methoxy groups -OCH3 is 2. The molecule has 0 spiro atoms. The summed E-state index contributed by atoms with van der Waals surface area (Å²) in [6.45, 7) is -1.71. The molecule has 1 N–H and O–H groups in total. The zero-order valence-corrected chi connectivity index (χ0v) is 12.4. The van der Waals surface area contributed by atoms with Gasteiger partial charge in [-0.05, 0) is 44.1 Å². The fourth-order valence-corrected chi connectivity index (χ4v) is 3.59. The highest BCUT2D eigenvalue weighted by Crippen LogP contribution is 2.46. The largest absolute Gasteiger partial charge is 0.493 e. The van der Waals surface area contributed by atoms with Crippen molar-refractivity contribution in [3.8, 4) is 11.5 Å². The lowest BCUT2D eigenvalue weighted by molar-refractivity contribution is 0.137. The van der Waals surface area contributed by atoms with Gasteiger partial charge in [0.15, 0.2) is 11.5 Å². The molecule has 1 aliphatic heterocycles. The minimum absolute atomic E-state index is 0.275. The third-order valence-electron chi connectivity index (χ3n) is 4.74. The monoisotopic (exact) mass is 292 g/mol. The maximum atomic E-state index is 10.0. The molecule has 1 aromatic rings. The van der Waals surface area contributed by atoms with Gasteiger partial charge in [0.2, 0.25) is 0 Å². The lowest BCUT2D eigenvalue weighted by Gasteiger charge is -2.39. The summed E-state index contributed by atoms with van der Waals surface area (Å²) in [5.41, 5.74) is 0.549. The SMILES string of the molecule is [2H]C([2H])([2H])N1CC[C@]2(c3ccc(OC)c(OC)c3)C=C[C@H](O)C[C@H]12. The summed E-state index contributed by atoms with van der Waals surface area (Å²) in [5.74, 6) is 1.26. The number of nitrogens with zero attached hydrogens (tertiary/aromatic N) is 1. The van der Waals surface area contributed by atoms with E-state index in [0.29, 0.717) is 30.9 Å². The van der Waals surface area contributed by atoms with E-state index in [-0.39, 0.29) is 6.04 Å². The van der Waals surface area contributed by atoms with Gasteiger partial charge in [-0.2, -0.15) is 0 Å². The number of ether oxygens (including phenoxy) is 2. The van der Waals surface area contributed by atoms with Gasteiger partial charge in [-0.3, -0.25) is 0 Å². The zero-order chi connectivity index (χ0) is 17.5. The van der Waals surface area contributed by atoms with Gasteiger partial charge >= 0.3 is 0 Å². The van der Waals surface area contributed by atoms with Crippen LogP contribution < -0.4 is 9.47 Å². The lowest BCUT2D eigenvalue weighted by atomic mass is 9.69. The zero-order valence-electron chi connectivity index (χ0n) is 15.4. The maximum absolute atomic E-state index is 10.0. The number of benzene rings is 1. The first-order valence-electron chi connectivity index (χ1n) is 8.68. The first-order chi connectivity index (χ1) is 11.3. The van der Waals surface area contributed by atoms with Crippen LogP contribution in [0.25, 0.3) is 0 Å². The number of aliphatic hydroxyl groups excluding tert-OH is 1. The van der Waals surface area contributed by atoms with Crippen LogP contribution in [0.5, 0.6) is 11.5 Å². The van der Waals surface area contributed by atoms with Crippen LogP contribution in [0.3, 0.4) is 0 Å². The summed E-state index contributed by atoms with van der Waals surface area (Å²) < 4.78 is 34.2. The molecule has 4 nitrogen and oxygen atoms in total. The summed E-state index contributed by atoms with van der Waals surface area (Å²) in [4.78, 5) is 1.54. The summed E-state index contributed by atoms with van der Waals surface area (Å²) in [5, 5.41) is 10.0. The first-order valence-corrected chi connectivity index (χ1v) is 7.18. The Labute approximate surface area is 130 Å². The number of hydrogen-bond acceptors (Lipinski definition) is 4. The summed E-state index contributed by atoms with van der Waals surface area (Å²) in [6.07, 6.45) is 4.22. The van der Waals surface area contributed by atoms with Crippen LogP contribution in [0.1, 0.15) is 22.5 Å². The normalized spacial score (nSPS) is 34.7. The topological polar surface area (TPSA) is 41.9 Å². The first kappa shape index (κ1) is 11.1. The summed E-state index contributed by atoms with van der Waals surface area (Å²) in [6, 6.07) is 5.44. The number of fused-ring (bicyclic) bond motifs is 1. The Bertz CT molecular complexity index is 646. The molecule has 0 unspecified atom stereocenters. The van der Waals surface area contributed by atoms with Crippen molar-refractivity contribution >= 4 is 0 Å². The van der Waals surface area contributed by atoms with Crippen molar-refractivity contribution in [2.75, 3.05) is 27.7 Å². The van der Waals surface area contributed by atoms with E-state index in [9.17, 15) is 5.11 Å². The molecule has 21 heavy (non-hydrogen) atoms. The molecule has 0 amide bonds. The molecule has 1 heterocycles. The van der Waals surface area contributed by atoms with E-state index in [1.807, 2.05) is 24.3 Å². The van der Waals surface area contributed by atoms with E-state index in [1.165, 1.54) is 4.90 Å². The van der Waals surface area contributed by atoms with E-state index < -0.39 is 18.5 Å². The lowest BCUT2D eigenvalue weighted by Crippen LogP contribution is -2.44. The molecule has 0 radical (unpaired) electrons. The molecule has 1 aliphatic carbocycles. The summed E-state index contributed by atoms with van der Waals surface area (Å²) in [7, 11) is 3.17. The highest BCUT2D eigenvalue weighted by molar-refractivity contribution is 5.48. The van der Waals surface area contributed by atoms with Gasteiger partial charge < -0.3 is 19.5 Å². The fourth-order valence-electron chi connectivity index (χ4n) is 3.59. The Morgan fingerprint density at radius 2 is 2.14 bits per heavy atom. The maximum Gasteiger partial charge on any atom is 0.161 e. The van der Waals surface area contributed by atoms with Crippen LogP contribution >= 0.6 is 0 Å². The van der Waals surface area contributed by atoms with Gasteiger partial charge in [-0.15, -0.1) is 0 Å². The van der Waals surface area contributed by atoms with E-state index in [2.05, 4.69) is 0 Å². The van der Waals surface area contributed by atoms with Crippen molar-refractivity contribution in [1.82, 2.24) is 4.90 Å². The molecule has 1 fully saturated rings. The van der Waals surface area contributed by atoms with Crippen LogP contribution in [-0.4, -0.2) is 49.9 Å². The van der Waals surface area contributed by atoms with E-state index in [4.69, 9.17) is 13.6 Å². The van der Waals surface area contributed by atoms with Gasteiger partial charge in [0.1, 0.15) is 0 Å². The molecule has 1 aromatic carbocycles. The average Bonchev–Trinajstić information content (AvgIpc) is 2.94. The van der Waals surface area contributed by atoms with Crippen molar-refractivity contribution < 1.29 is 18.7 Å². The van der Waals surface area contributed by atoms with Crippen LogP contribution in [0.4, 0.5) is 0 Å². The standard InChI is InChI=1S/C17H23NO3/c1-18-9-8-17(7-6-13(19)11-16(17)18)12-4-5-14(20-2)15(10-12)21-3/h4-7,10,13,16,19H,8-9,11H2,1-3H3/t13-,16-,17-/m0/s1/i1D3. The second-order valence-electron chi connectivity index (χ2n) is 5.73. The number of likely N-dealkylation sites (N-methyl/N-ethyl adjacent to an activating group) is 1. The Morgan fingerprint density at radius 1 is 1.33 bits per heavy atom. The molecular weight excluding hydrogens is 266 g/mol. The summed E-state index contributed by atoms with van der Waals surface area (Å²) >= 11 is 0. The van der Waals surface area contributed by atoms with Gasteiger partial charge in [0.25, 0.3) is 0 Å². The van der Waals surface area contributed by atoms with Crippen LogP contribution in [0.15, 0.2) is 30.4 Å². The third-order valence-corrected chi connectivity index (χ3v) is 4.74. The number of likely N-dealkylation sites (tertiary alicyclic amines) is 1. The molecule has 114 valence electrons. The Balaban J connectivity index is 2.08. The molecule has 3 rings (SSSR count). The number of aliphatic hydroxyl groups is 1. The van der Waals surface area contributed by atoms with E-state index in [0.717, 1.165) is 5.56 Å². The Hall–Kier alpha value is -1.52. The van der Waals surface area contributed by atoms with E-state index >= 15 is 0 Å². The quantitative estimate of drug-likeness (QED) is 0.865. The van der Waals surface area contributed by atoms with Crippen LogP contribution in [0, 0.1) is 0 Å². The van der Waals surface area contributed by atoms with E-state index in [1.54, 1.807) is 20.3 Å². The van der Waals surface area contributed by atoms with Crippen molar-refractivity contribution in [1.29, 1.82) is 0 Å². The van der Waals surface area contributed by atoms with Gasteiger partial charge in [-0.25, -0.2) is 0 Å². The molecule has 0 aromatic heterocycles. The number of hydrogen-bond donors (Lipinski definition) is 1. The Kier molecular flexibility index (Phi) is 2.83. The minimum atomic E-state index is -2.17. The van der Waals surface area contributed by atoms with Crippen molar-refractivity contribution in [3.05, 3.63) is 35.9 Å². The highest BCUT2D eigenvalue weighted by atomic mass is 16.5. The van der Waals surface area contributed by atoms with Gasteiger partial charge in [-0.1, -0.05) is 18.2 Å². The molecule has 2 aliphatic rings. The fraction of sp³-hybridized carbons (Fsp3) is 0.529. The van der Waals surface area contributed by atoms with Gasteiger partial charge in [0, 0.05) is 15.6 Å². The molecule has 4 heteroatoms. The van der Waals surface area contributed by atoms with Crippen LogP contribution in [0.2, 0.25) is 0 Å². The predicted octanol–water partition coefficient (Wildman–Crippen LogP) is 1.97. The third kappa shape index (κ3) is 2.23. The second-order valence-corrected chi connectivity index (χ2v) is 5.73. The molecule has 0 saturated carbocycles. The molecule has 1 saturated heterocycles. The smallest absolute Gasteiger partial charge is 0.161 e. The Morgan fingerprint density at radius 3 is 2.86 bits per heavy atom. The molecule has 3 atom stereocenters. The molecule has 0 bridgehead atoms. The minimum Gasteiger partial charge on any atom is -0.493 e. The van der Waals surface area contributed by atoms with Crippen molar-refractivity contribution in [3.63, 3.8) is 0 Å². The van der Waals surface area contributed by atoms with Crippen molar-refractivity contribution in [2.24, 2.45) is 0 Å². The van der Waals surface area contributed by atoms with Gasteiger partial charge in [0.05, 0.1) is 20.3 Å². The molecular formula is C17H23NO3. The number of rotatable bonds is 3.